The fraction of sp³-hybridized carbons (Fsp3) is 0.364. The van der Waals surface area contributed by atoms with E-state index in [4.69, 9.17) is 16.3 Å². The van der Waals surface area contributed by atoms with Crippen molar-refractivity contribution in [3.05, 3.63) is 69.6 Å². The second-order valence-corrected chi connectivity index (χ2v) is 7.73. The normalized spacial score (nSPS) is 18.7. The van der Waals surface area contributed by atoms with Gasteiger partial charge in [-0.15, -0.1) is 0 Å². The number of pyridine rings is 1. The van der Waals surface area contributed by atoms with Crippen LogP contribution < -0.4 is 4.74 Å². The fourth-order valence-corrected chi connectivity index (χ4v) is 4.31. The van der Waals surface area contributed by atoms with E-state index in [1.165, 1.54) is 22.4 Å². The Balaban J connectivity index is 1.50. The lowest BCUT2D eigenvalue weighted by molar-refractivity contribution is 0.0683. The Hall–Kier alpha value is -2.53. The SMILES string of the molecule is COc1ccc(C2CC=C3CN(C(=O)c4ccc(Cl)nc4)CCN32)c(C)c1C. The maximum atomic E-state index is 12.8. The molecule has 0 saturated carbocycles. The standard InChI is InChI=1S/C22H24ClN3O2/c1-14-15(2)20(28-3)8-6-18(14)19-7-5-17-13-25(10-11-26(17)19)22(27)16-4-9-21(23)24-12-16/h4-6,8-9,12,19H,7,10-11,13H2,1-3H3. The number of benzene rings is 1. The van der Waals surface area contributed by atoms with Gasteiger partial charge in [0.05, 0.1) is 25.3 Å². The van der Waals surface area contributed by atoms with Crippen molar-refractivity contribution in [2.45, 2.75) is 26.3 Å². The Kier molecular flexibility index (Phi) is 5.02. The third kappa shape index (κ3) is 3.24. The van der Waals surface area contributed by atoms with E-state index >= 15 is 0 Å². The van der Waals surface area contributed by atoms with Gasteiger partial charge in [-0.2, -0.15) is 0 Å². The molecule has 2 aromatic rings. The lowest BCUT2D eigenvalue weighted by Crippen LogP contribution is -2.46. The molecular formula is C22H24ClN3O2. The molecule has 1 aromatic carbocycles. The number of rotatable bonds is 3. The highest BCUT2D eigenvalue weighted by molar-refractivity contribution is 6.29. The van der Waals surface area contributed by atoms with Crippen molar-refractivity contribution in [1.82, 2.24) is 14.8 Å². The van der Waals surface area contributed by atoms with Gasteiger partial charge in [0.2, 0.25) is 0 Å². The van der Waals surface area contributed by atoms with Gasteiger partial charge in [-0.05, 0) is 55.2 Å². The zero-order chi connectivity index (χ0) is 19.8. The van der Waals surface area contributed by atoms with Crippen LogP contribution >= 0.6 is 11.6 Å². The van der Waals surface area contributed by atoms with Crippen LogP contribution in [0.3, 0.4) is 0 Å². The number of hydrogen-bond acceptors (Lipinski definition) is 4. The van der Waals surface area contributed by atoms with E-state index in [0.717, 1.165) is 18.7 Å². The van der Waals surface area contributed by atoms with Crippen molar-refractivity contribution in [3.63, 3.8) is 0 Å². The van der Waals surface area contributed by atoms with Gasteiger partial charge < -0.3 is 14.5 Å². The molecule has 0 N–H and O–H groups in total. The number of halogens is 1. The van der Waals surface area contributed by atoms with Gasteiger partial charge in [-0.1, -0.05) is 23.7 Å². The Morgan fingerprint density at radius 2 is 2.00 bits per heavy atom. The van der Waals surface area contributed by atoms with E-state index < -0.39 is 0 Å². The number of ether oxygens (including phenoxy) is 1. The van der Waals surface area contributed by atoms with Crippen molar-refractivity contribution in [1.29, 1.82) is 0 Å². The van der Waals surface area contributed by atoms with Crippen LogP contribution in [0.25, 0.3) is 0 Å². The fourth-order valence-electron chi connectivity index (χ4n) is 4.20. The number of hydrogen-bond donors (Lipinski definition) is 0. The number of piperazine rings is 1. The largest absolute Gasteiger partial charge is 0.496 e. The first kappa shape index (κ1) is 18.8. The first-order valence-electron chi connectivity index (χ1n) is 9.50. The number of nitrogens with zero attached hydrogens (tertiary/aromatic N) is 3. The third-order valence-corrected chi connectivity index (χ3v) is 6.13. The lowest BCUT2D eigenvalue weighted by Gasteiger charge is -2.39. The predicted molar refractivity (Wildman–Crippen MR) is 110 cm³/mol. The zero-order valence-corrected chi connectivity index (χ0v) is 17.2. The molecule has 1 atom stereocenters. The summed E-state index contributed by atoms with van der Waals surface area (Å²) in [5.74, 6) is 0.934. The summed E-state index contributed by atoms with van der Waals surface area (Å²) >= 11 is 5.83. The summed E-state index contributed by atoms with van der Waals surface area (Å²) in [5, 5.41) is 0.396. The van der Waals surface area contributed by atoms with Crippen LogP contribution in [0.5, 0.6) is 5.75 Å². The molecule has 2 aliphatic rings. The Labute approximate surface area is 170 Å². The van der Waals surface area contributed by atoms with Crippen LogP contribution in [0.1, 0.15) is 39.5 Å². The highest BCUT2D eigenvalue weighted by atomic mass is 35.5. The maximum Gasteiger partial charge on any atom is 0.255 e. The molecule has 1 amide bonds. The van der Waals surface area contributed by atoms with Gasteiger partial charge in [0, 0.05) is 25.0 Å². The summed E-state index contributed by atoms with van der Waals surface area (Å²) in [6.07, 6.45) is 4.78. The molecule has 6 heteroatoms. The molecule has 2 aliphatic heterocycles. The van der Waals surface area contributed by atoms with Gasteiger partial charge >= 0.3 is 0 Å². The van der Waals surface area contributed by atoms with E-state index in [1.54, 1.807) is 25.4 Å². The number of aromatic nitrogens is 1. The maximum absolute atomic E-state index is 12.8. The highest BCUT2D eigenvalue weighted by Crippen LogP contribution is 2.39. The molecule has 0 bridgehead atoms. The summed E-state index contributed by atoms with van der Waals surface area (Å²) in [7, 11) is 1.71. The molecule has 5 nitrogen and oxygen atoms in total. The van der Waals surface area contributed by atoms with E-state index in [1.807, 2.05) is 4.90 Å². The van der Waals surface area contributed by atoms with Gasteiger partial charge in [-0.3, -0.25) is 4.79 Å². The average molecular weight is 398 g/mol. The lowest BCUT2D eigenvalue weighted by atomic mass is 9.95. The number of carbonyl (C=O) groups excluding carboxylic acids is 1. The zero-order valence-electron chi connectivity index (χ0n) is 16.4. The van der Waals surface area contributed by atoms with Gasteiger partial charge in [-0.25, -0.2) is 4.98 Å². The van der Waals surface area contributed by atoms with Crippen LogP contribution in [-0.2, 0) is 0 Å². The van der Waals surface area contributed by atoms with E-state index in [0.29, 0.717) is 29.8 Å². The minimum Gasteiger partial charge on any atom is -0.496 e. The molecule has 1 aromatic heterocycles. The molecule has 146 valence electrons. The van der Waals surface area contributed by atoms with Crippen LogP contribution in [0.4, 0.5) is 0 Å². The topological polar surface area (TPSA) is 45.7 Å². The molecular weight excluding hydrogens is 374 g/mol. The molecule has 0 spiro atoms. The average Bonchev–Trinajstić information content (AvgIpc) is 3.13. The summed E-state index contributed by atoms with van der Waals surface area (Å²) in [6.45, 7) is 6.43. The van der Waals surface area contributed by atoms with Gasteiger partial charge in [0.25, 0.3) is 5.91 Å². The first-order chi connectivity index (χ1) is 13.5. The molecule has 1 saturated heterocycles. The number of amides is 1. The smallest absolute Gasteiger partial charge is 0.255 e. The van der Waals surface area contributed by atoms with Gasteiger partial charge in [0.15, 0.2) is 0 Å². The third-order valence-electron chi connectivity index (χ3n) is 5.91. The van der Waals surface area contributed by atoms with Crippen molar-refractivity contribution in [2.24, 2.45) is 0 Å². The number of carbonyl (C=O) groups is 1. The summed E-state index contributed by atoms with van der Waals surface area (Å²) in [5.41, 5.74) is 5.61. The van der Waals surface area contributed by atoms with E-state index in [2.05, 4.69) is 41.9 Å². The molecule has 0 radical (unpaired) electrons. The summed E-state index contributed by atoms with van der Waals surface area (Å²) in [6, 6.07) is 7.96. The first-order valence-corrected chi connectivity index (χ1v) is 9.88. The quantitative estimate of drug-likeness (QED) is 0.730. The van der Waals surface area contributed by atoms with Crippen LogP contribution in [-0.4, -0.2) is 47.4 Å². The molecule has 28 heavy (non-hydrogen) atoms. The second kappa shape index (κ2) is 7.47. The predicted octanol–water partition coefficient (Wildman–Crippen LogP) is 4.15. The molecule has 0 aliphatic carbocycles. The Morgan fingerprint density at radius 1 is 1.18 bits per heavy atom. The van der Waals surface area contributed by atoms with Crippen LogP contribution in [0.2, 0.25) is 5.15 Å². The van der Waals surface area contributed by atoms with E-state index in [9.17, 15) is 4.79 Å². The summed E-state index contributed by atoms with van der Waals surface area (Å²) < 4.78 is 5.46. The van der Waals surface area contributed by atoms with Crippen LogP contribution in [0.15, 0.2) is 42.2 Å². The molecule has 4 rings (SSSR count). The number of fused-ring (bicyclic) bond motifs is 1. The minimum absolute atomic E-state index is 0.00430. The monoisotopic (exact) mass is 397 g/mol. The number of methoxy groups -OCH3 is 1. The van der Waals surface area contributed by atoms with Crippen molar-refractivity contribution < 1.29 is 9.53 Å². The molecule has 1 fully saturated rings. The Morgan fingerprint density at radius 3 is 2.71 bits per heavy atom. The van der Waals surface area contributed by atoms with Crippen molar-refractivity contribution in [2.75, 3.05) is 26.7 Å². The minimum atomic E-state index is 0.00430. The Bertz CT molecular complexity index is 940. The summed E-state index contributed by atoms with van der Waals surface area (Å²) in [4.78, 5) is 21.2. The van der Waals surface area contributed by atoms with Crippen molar-refractivity contribution in [3.8, 4) is 5.75 Å². The molecule has 1 unspecified atom stereocenters. The highest BCUT2D eigenvalue weighted by Gasteiger charge is 2.34. The van der Waals surface area contributed by atoms with E-state index in [-0.39, 0.29) is 5.91 Å². The van der Waals surface area contributed by atoms with Crippen molar-refractivity contribution >= 4 is 17.5 Å². The molecule has 3 heterocycles. The second-order valence-electron chi connectivity index (χ2n) is 7.34. The van der Waals surface area contributed by atoms with Crippen LogP contribution in [0, 0.1) is 13.8 Å². The van der Waals surface area contributed by atoms with Gasteiger partial charge in [0.1, 0.15) is 10.9 Å².